The molecular formula is C14H14N2O4. The Bertz CT molecular complexity index is 628. The second kappa shape index (κ2) is 5.92. The summed E-state index contributed by atoms with van der Waals surface area (Å²) in [5.74, 6) is 1.04. The number of pyridine rings is 1. The Labute approximate surface area is 116 Å². The summed E-state index contributed by atoms with van der Waals surface area (Å²) in [4.78, 5) is 15.3. The van der Waals surface area contributed by atoms with Crippen LogP contribution >= 0.6 is 0 Å². The summed E-state index contributed by atoms with van der Waals surface area (Å²) in [6.45, 7) is 0. The molecule has 0 unspecified atom stereocenters. The predicted molar refractivity (Wildman–Crippen MR) is 73.1 cm³/mol. The molecule has 0 aliphatic carbocycles. The molecule has 0 amide bonds. The van der Waals surface area contributed by atoms with E-state index < -0.39 is 5.97 Å². The van der Waals surface area contributed by atoms with E-state index in [1.807, 2.05) is 0 Å². The molecule has 0 bridgehead atoms. The van der Waals surface area contributed by atoms with Crippen LogP contribution in [0.3, 0.4) is 0 Å². The van der Waals surface area contributed by atoms with Gasteiger partial charge in [0.15, 0.2) is 5.69 Å². The molecule has 2 N–H and O–H groups in total. The number of nitrogens with zero attached hydrogens (tertiary/aromatic N) is 1. The van der Waals surface area contributed by atoms with Crippen molar-refractivity contribution in [3.63, 3.8) is 0 Å². The number of carbonyl (C=O) groups excluding carboxylic acids is 1. The summed E-state index contributed by atoms with van der Waals surface area (Å²) >= 11 is 0. The summed E-state index contributed by atoms with van der Waals surface area (Å²) in [6.07, 6.45) is 1.47. The molecule has 2 rings (SSSR count). The molecule has 0 atom stereocenters. The number of hydrogen-bond acceptors (Lipinski definition) is 6. The molecule has 104 valence electrons. The Morgan fingerprint density at radius 2 is 1.90 bits per heavy atom. The van der Waals surface area contributed by atoms with Gasteiger partial charge < -0.3 is 19.9 Å². The third kappa shape index (κ3) is 2.97. The molecule has 1 aromatic heterocycles. The number of hydrogen-bond donors (Lipinski definition) is 1. The van der Waals surface area contributed by atoms with E-state index in [4.69, 9.17) is 15.2 Å². The summed E-state index contributed by atoms with van der Waals surface area (Å²) in [5.41, 5.74) is 6.43. The Hall–Kier alpha value is -2.76. The monoisotopic (exact) mass is 274 g/mol. The van der Waals surface area contributed by atoms with Gasteiger partial charge in [-0.25, -0.2) is 9.78 Å². The van der Waals surface area contributed by atoms with Crippen molar-refractivity contribution in [2.24, 2.45) is 0 Å². The van der Waals surface area contributed by atoms with Crippen LogP contribution < -0.4 is 15.2 Å². The van der Waals surface area contributed by atoms with Gasteiger partial charge in [-0.1, -0.05) is 0 Å². The summed E-state index contributed by atoms with van der Waals surface area (Å²) in [5, 5.41) is 0. The zero-order chi connectivity index (χ0) is 14.5. The van der Waals surface area contributed by atoms with Crippen molar-refractivity contribution < 1.29 is 19.0 Å². The van der Waals surface area contributed by atoms with Crippen LogP contribution in [0.15, 0.2) is 36.5 Å². The maximum absolute atomic E-state index is 11.4. The number of anilines is 1. The normalized spacial score (nSPS) is 9.90. The summed E-state index contributed by atoms with van der Waals surface area (Å²) < 4.78 is 15.3. The van der Waals surface area contributed by atoms with Gasteiger partial charge >= 0.3 is 5.97 Å². The Balaban J connectivity index is 2.21. The predicted octanol–water partition coefficient (Wildman–Crippen LogP) is 2.25. The van der Waals surface area contributed by atoms with Crippen LogP contribution in [-0.2, 0) is 4.74 Å². The number of carbonyl (C=O) groups is 1. The highest BCUT2D eigenvalue weighted by Crippen LogP contribution is 2.29. The van der Waals surface area contributed by atoms with Crippen LogP contribution in [-0.4, -0.2) is 25.2 Å². The van der Waals surface area contributed by atoms with Gasteiger partial charge in [-0.2, -0.15) is 0 Å². The molecule has 2 aromatic rings. The molecule has 0 spiro atoms. The lowest BCUT2D eigenvalue weighted by atomic mass is 10.3. The fourth-order valence-corrected chi connectivity index (χ4v) is 1.60. The maximum atomic E-state index is 11.4. The van der Waals surface area contributed by atoms with Crippen LogP contribution in [0.4, 0.5) is 5.69 Å². The lowest BCUT2D eigenvalue weighted by Crippen LogP contribution is -2.03. The van der Waals surface area contributed by atoms with Gasteiger partial charge in [0, 0.05) is 18.3 Å². The number of nitrogens with two attached hydrogens (primary N) is 1. The summed E-state index contributed by atoms with van der Waals surface area (Å²) in [7, 11) is 2.83. The molecule has 20 heavy (non-hydrogen) atoms. The summed E-state index contributed by atoms with van der Waals surface area (Å²) in [6, 6.07) is 8.18. The molecule has 0 fully saturated rings. The molecule has 0 saturated heterocycles. The molecule has 1 aromatic carbocycles. The zero-order valence-electron chi connectivity index (χ0n) is 11.1. The quantitative estimate of drug-likeness (QED) is 0.680. The molecule has 0 saturated carbocycles. The number of benzene rings is 1. The minimum Gasteiger partial charge on any atom is -0.495 e. The standard InChI is InChI=1S/C14H14N2O4/c1-18-13-4-3-9(7-11(13)15)20-10-5-6-16-12(8-10)14(17)19-2/h3-8H,15H2,1-2H3. The van der Waals surface area contributed by atoms with Crippen LogP contribution in [0.25, 0.3) is 0 Å². The molecule has 6 nitrogen and oxygen atoms in total. The van der Waals surface area contributed by atoms with Crippen molar-refractivity contribution in [2.75, 3.05) is 20.0 Å². The van der Waals surface area contributed by atoms with Crippen molar-refractivity contribution in [1.82, 2.24) is 4.98 Å². The van der Waals surface area contributed by atoms with E-state index in [1.54, 1.807) is 24.3 Å². The number of esters is 1. The topological polar surface area (TPSA) is 83.7 Å². The molecule has 0 radical (unpaired) electrons. The van der Waals surface area contributed by atoms with E-state index >= 15 is 0 Å². The van der Waals surface area contributed by atoms with Gasteiger partial charge in [0.25, 0.3) is 0 Å². The smallest absolute Gasteiger partial charge is 0.356 e. The van der Waals surface area contributed by atoms with Gasteiger partial charge in [0.05, 0.1) is 19.9 Å². The highest BCUT2D eigenvalue weighted by atomic mass is 16.5. The second-order valence-electron chi connectivity index (χ2n) is 3.87. The Kier molecular flexibility index (Phi) is 4.05. The SMILES string of the molecule is COC(=O)c1cc(Oc2ccc(OC)c(N)c2)ccn1. The van der Waals surface area contributed by atoms with E-state index in [0.717, 1.165) is 0 Å². The van der Waals surface area contributed by atoms with Gasteiger partial charge in [0.2, 0.25) is 0 Å². The maximum Gasteiger partial charge on any atom is 0.356 e. The molecule has 6 heteroatoms. The van der Waals surface area contributed by atoms with Crippen LogP contribution in [0.1, 0.15) is 10.5 Å². The van der Waals surface area contributed by atoms with Crippen LogP contribution in [0.2, 0.25) is 0 Å². The zero-order valence-corrected chi connectivity index (χ0v) is 11.1. The van der Waals surface area contributed by atoms with E-state index in [-0.39, 0.29) is 5.69 Å². The Morgan fingerprint density at radius 3 is 2.55 bits per heavy atom. The highest BCUT2D eigenvalue weighted by Gasteiger charge is 2.09. The van der Waals surface area contributed by atoms with Gasteiger partial charge in [-0.15, -0.1) is 0 Å². The van der Waals surface area contributed by atoms with Crippen molar-refractivity contribution >= 4 is 11.7 Å². The van der Waals surface area contributed by atoms with Gasteiger partial charge in [-0.05, 0) is 18.2 Å². The first-order valence-electron chi connectivity index (χ1n) is 5.79. The van der Waals surface area contributed by atoms with Gasteiger partial charge in [0.1, 0.15) is 17.2 Å². The first-order valence-corrected chi connectivity index (χ1v) is 5.79. The Morgan fingerprint density at radius 1 is 1.15 bits per heavy atom. The van der Waals surface area contributed by atoms with Crippen molar-refractivity contribution in [3.05, 3.63) is 42.2 Å². The van der Waals surface area contributed by atoms with Crippen LogP contribution in [0.5, 0.6) is 17.2 Å². The third-order valence-corrected chi connectivity index (χ3v) is 2.56. The number of methoxy groups -OCH3 is 2. The van der Waals surface area contributed by atoms with Gasteiger partial charge in [-0.3, -0.25) is 0 Å². The fourth-order valence-electron chi connectivity index (χ4n) is 1.60. The van der Waals surface area contributed by atoms with E-state index in [9.17, 15) is 4.79 Å². The third-order valence-electron chi connectivity index (χ3n) is 2.56. The molecular weight excluding hydrogens is 260 g/mol. The largest absolute Gasteiger partial charge is 0.495 e. The highest BCUT2D eigenvalue weighted by molar-refractivity contribution is 5.87. The number of rotatable bonds is 4. The minimum atomic E-state index is -0.523. The van der Waals surface area contributed by atoms with E-state index in [0.29, 0.717) is 22.9 Å². The average molecular weight is 274 g/mol. The number of aromatic nitrogens is 1. The number of nitrogen functional groups attached to an aromatic ring is 1. The fraction of sp³-hybridized carbons (Fsp3) is 0.143. The molecule has 0 aliphatic rings. The van der Waals surface area contributed by atoms with Crippen LogP contribution in [0, 0.1) is 0 Å². The minimum absolute atomic E-state index is 0.173. The molecule has 1 heterocycles. The first kappa shape index (κ1) is 13.7. The second-order valence-corrected chi connectivity index (χ2v) is 3.87. The van der Waals surface area contributed by atoms with Crippen molar-refractivity contribution in [2.45, 2.75) is 0 Å². The van der Waals surface area contributed by atoms with E-state index in [2.05, 4.69) is 9.72 Å². The lowest BCUT2D eigenvalue weighted by Gasteiger charge is -2.09. The average Bonchev–Trinajstić information content (AvgIpc) is 2.47. The lowest BCUT2D eigenvalue weighted by molar-refractivity contribution is 0.0593. The molecule has 0 aliphatic heterocycles. The van der Waals surface area contributed by atoms with E-state index in [1.165, 1.54) is 26.5 Å². The van der Waals surface area contributed by atoms with Crippen molar-refractivity contribution in [3.8, 4) is 17.2 Å². The van der Waals surface area contributed by atoms with Crippen molar-refractivity contribution in [1.29, 1.82) is 0 Å². The number of ether oxygens (including phenoxy) is 3. The first-order chi connectivity index (χ1) is 9.63.